The maximum atomic E-state index is 14.3. The number of anilines is 1. The van der Waals surface area contributed by atoms with Crippen LogP contribution in [0.1, 0.15) is 71.8 Å². The molecule has 5 rings (SSSR count). The molecule has 3 fully saturated rings. The number of carbonyl (C=O) groups is 10. The molecule has 4 heterocycles. The molecule has 12 atom stereocenters. The molecule has 4 aliphatic rings. The first-order chi connectivity index (χ1) is 42.7. The summed E-state index contributed by atoms with van der Waals surface area (Å²) in [6.45, 7) is 6.71. The van der Waals surface area contributed by atoms with Gasteiger partial charge < -0.3 is 84.9 Å². The third-order valence-electron chi connectivity index (χ3n) is 16.0. The number of amides is 9. The van der Waals surface area contributed by atoms with E-state index in [1.807, 2.05) is 6.92 Å². The largest absolute Gasteiger partial charge is 0.495 e. The molecular formula is C59H88ClN9O20S. The van der Waals surface area contributed by atoms with E-state index in [1.54, 1.807) is 44.4 Å². The number of halogens is 1. The van der Waals surface area contributed by atoms with E-state index in [0.717, 1.165) is 22.2 Å². The van der Waals surface area contributed by atoms with Crippen LogP contribution in [0.25, 0.3) is 0 Å². The molecule has 1 aromatic rings. The van der Waals surface area contributed by atoms with Gasteiger partial charge in [-0.15, -0.1) is 11.8 Å². The van der Waals surface area contributed by atoms with Crippen LogP contribution in [0.3, 0.4) is 0 Å². The minimum absolute atomic E-state index is 0.000992. The highest BCUT2D eigenvalue weighted by molar-refractivity contribution is 8.00. The third-order valence-corrected chi connectivity index (χ3v) is 17.6. The smallest absolute Gasteiger partial charge is 0.409 e. The summed E-state index contributed by atoms with van der Waals surface area (Å²) >= 11 is 7.77. The van der Waals surface area contributed by atoms with Gasteiger partial charge in [-0.3, -0.25) is 48.6 Å². The van der Waals surface area contributed by atoms with Crippen molar-refractivity contribution in [2.45, 2.75) is 132 Å². The Labute approximate surface area is 532 Å². The SMILES string of the molecule is COCCOCCNC(=O)C1CC(NC(=O)CCOCCNC(=O)C(CO)NC(=O)CN2C(=O)CC(SCCC(=O)N(C)[C@@H](C)C(=O)O[C@H]3CC(=O)N(C)c4cc(cc(OC)c4Cl)C/C(C)=C/C=C/[C@@H](OC)[C@@]4(O)C[C@H](OC(=O)N4)[C@@H](C)[C@H](O)[C@@H]3C)C2=O)CN1. The second-order valence-corrected chi connectivity index (χ2v) is 24.2. The molecule has 90 heavy (non-hydrogen) atoms. The van der Waals surface area contributed by atoms with Gasteiger partial charge in [0.25, 0.3) is 0 Å². The van der Waals surface area contributed by atoms with E-state index in [9.17, 15) is 63.3 Å². The van der Waals surface area contributed by atoms with Gasteiger partial charge in [-0.2, -0.15) is 0 Å². The van der Waals surface area contributed by atoms with Crippen LogP contribution in [0.2, 0.25) is 5.02 Å². The van der Waals surface area contributed by atoms with Crippen molar-refractivity contribution in [1.82, 2.24) is 41.7 Å². The Balaban J connectivity index is 1.10. The summed E-state index contributed by atoms with van der Waals surface area (Å²) < 4.78 is 38.5. The number of likely N-dealkylation sites (tertiary alicyclic amines) is 1. The minimum atomic E-state index is -1.99. The van der Waals surface area contributed by atoms with Gasteiger partial charge in [0, 0.05) is 97.3 Å². The minimum Gasteiger partial charge on any atom is -0.495 e. The molecule has 0 radical (unpaired) electrons. The first-order valence-corrected chi connectivity index (χ1v) is 31.1. The number of methoxy groups -OCH3 is 3. The number of likely N-dealkylation sites (N-methyl/N-ethyl adjacent to an activating group) is 1. The summed E-state index contributed by atoms with van der Waals surface area (Å²) in [7, 11) is 7.18. The lowest BCUT2D eigenvalue weighted by Gasteiger charge is -2.43. The number of esters is 1. The van der Waals surface area contributed by atoms with Gasteiger partial charge >= 0.3 is 12.1 Å². The lowest BCUT2D eigenvalue weighted by Crippen LogP contribution is -2.64. The van der Waals surface area contributed by atoms with Crippen LogP contribution >= 0.6 is 23.4 Å². The van der Waals surface area contributed by atoms with Crippen molar-refractivity contribution in [3.05, 3.63) is 46.5 Å². The average Bonchev–Trinajstić information content (AvgIpc) is 1.03. The van der Waals surface area contributed by atoms with Crippen LogP contribution in [0.4, 0.5) is 10.5 Å². The number of nitrogens with zero attached hydrogens (tertiary/aromatic N) is 3. The molecule has 31 heteroatoms. The summed E-state index contributed by atoms with van der Waals surface area (Å²) in [6, 6.07) is -0.00842. The molecule has 0 aliphatic carbocycles. The van der Waals surface area contributed by atoms with E-state index in [2.05, 4.69) is 31.9 Å². The molecule has 4 unspecified atom stereocenters. The molecule has 0 spiro atoms. The number of fused-ring (bicyclic) bond motifs is 4. The Bertz CT molecular complexity index is 2760. The van der Waals surface area contributed by atoms with Crippen LogP contribution in [0, 0.1) is 11.8 Å². The molecule has 9 amide bonds. The maximum absolute atomic E-state index is 14.3. The van der Waals surface area contributed by atoms with E-state index < -0.39 is 132 Å². The summed E-state index contributed by atoms with van der Waals surface area (Å²) in [4.78, 5) is 135. The van der Waals surface area contributed by atoms with E-state index in [0.29, 0.717) is 56.2 Å². The van der Waals surface area contributed by atoms with Crippen molar-refractivity contribution in [2.24, 2.45) is 11.8 Å². The number of aliphatic hydroxyl groups is 3. The number of hydrogen-bond donors (Lipinski definition) is 9. The fourth-order valence-electron chi connectivity index (χ4n) is 10.4. The predicted octanol–water partition coefficient (Wildman–Crippen LogP) is -0.769. The molecule has 0 aromatic heterocycles. The third kappa shape index (κ3) is 21.3. The van der Waals surface area contributed by atoms with Crippen molar-refractivity contribution in [3.8, 4) is 5.75 Å². The van der Waals surface area contributed by atoms with E-state index >= 15 is 0 Å². The topological polar surface area (TPSA) is 378 Å². The quantitative estimate of drug-likeness (QED) is 0.0283. The van der Waals surface area contributed by atoms with Gasteiger partial charge in [0.2, 0.25) is 47.3 Å². The first-order valence-electron chi connectivity index (χ1n) is 29.7. The van der Waals surface area contributed by atoms with Crippen molar-refractivity contribution < 1.29 is 96.4 Å². The first kappa shape index (κ1) is 74.2. The second-order valence-electron chi connectivity index (χ2n) is 22.5. The van der Waals surface area contributed by atoms with Gasteiger partial charge in [-0.25, -0.2) is 9.59 Å². The normalized spacial score (nSPS) is 26.5. The lowest BCUT2D eigenvalue weighted by molar-refractivity contribution is -0.167. The van der Waals surface area contributed by atoms with E-state index in [1.165, 1.54) is 47.1 Å². The zero-order valence-corrected chi connectivity index (χ0v) is 53.9. The molecule has 0 saturated carbocycles. The Morgan fingerprint density at radius 1 is 0.944 bits per heavy atom. The number of thioether (sulfide) groups is 1. The van der Waals surface area contributed by atoms with Crippen LogP contribution in [-0.4, -0.2) is 251 Å². The highest BCUT2D eigenvalue weighted by Crippen LogP contribution is 2.38. The molecular weight excluding hydrogens is 1220 g/mol. The van der Waals surface area contributed by atoms with Crippen LogP contribution in [0.5, 0.6) is 5.75 Å². The van der Waals surface area contributed by atoms with Crippen LogP contribution in [-0.2, 0) is 78.0 Å². The number of alkyl carbamates (subject to hydrolysis) is 1. The number of carbonyl (C=O) groups excluding carboxylic acids is 10. The monoisotopic (exact) mass is 1310 g/mol. The van der Waals surface area contributed by atoms with Crippen molar-refractivity contribution in [2.75, 3.05) is 112 Å². The zero-order valence-electron chi connectivity index (χ0n) is 52.4. The summed E-state index contributed by atoms with van der Waals surface area (Å²) in [5.74, 6) is -7.40. The zero-order chi connectivity index (χ0) is 66.4. The standard InChI is InChI=1S/C59H88ClN9O20S/c1-33-11-10-12-46(85-9)59(82)29-44(89-58(81)66-59)35(3)53(76)34(2)42(27-50(74)68(6)41-24-37(23-33)25-43(84-8)52(41)60)88-57(80)36(4)67(5)49(73)14-22-90-45-28-51(75)69(56(45)79)31-48(72)65-40(32-70)55(78)62-15-18-86-17-13-47(71)64-38-26-39(63-30-38)54(77)61-16-19-87-21-20-83-7/h10-12,24-25,34-36,38-40,42,44-46,53,63,70,76,82H,13-23,26-32H2,1-9H3,(H,61,77)(H,62,78)(H,64,71)(H,65,72)(H,66,81)/b12-10+,33-11+/t34-,35-,36+,38?,39?,40?,42+,44+,45?,46-,53-,59+/m1/s1. The summed E-state index contributed by atoms with van der Waals surface area (Å²) in [6.07, 6.45) is -1.42. The molecule has 4 aliphatic heterocycles. The lowest BCUT2D eigenvalue weighted by atomic mass is 9.81. The van der Waals surface area contributed by atoms with E-state index in [-0.39, 0.29) is 85.5 Å². The number of rotatable bonds is 28. The van der Waals surface area contributed by atoms with Crippen molar-refractivity contribution in [3.63, 3.8) is 0 Å². The van der Waals surface area contributed by atoms with Gasteiger partial charge in [-0.1, -0.05) is 49.2 Å². The van der Waals surface area contributed by atoms with Gasteiger partial charge in [-0.05, 0) is 44.4 Å². The predicted molar refractivity (Wildman–Crippen MR) is 327 cm³/mol. The van der Waals surface area contributed by atoms with Gasteiger partial charge in [0.1, 0.15) is 47.7 Å². The number of aliphatic hydroxyl groups excluding tert-OH is 2. The molecule has 3 saturated heterocycles. The number of hydrogen-bond acceptors (Lipinski definition) is 22. The van der Waals surface area contributed by atoms with Crippen molar-refractivity contribution >= 4 is 88.4 Å². The van der Waals surface area contributed by atoms with Gasteiger partial charge in [0.15, 0.2) is 5.72 Å². The summed E-state index contributed by atoms with van der Waals surface area (Å²) in [5.41, 5.74) is -0.153. The highest BCUT2D eigenvalue weighted by atomic mass is 35.5. The summed E-state index contributed by atoms with van der Waals surface area (Å²) in [5, 5.41) is 48.8. The average molecular weight is 1310 g/mol. The van der Waals surface area contributed by atoms with E-state index in [4.69, 9.17) is 44.8 Å². The molecule has 9 N–H and O–H groups in total. The Morgan fingerprint density at radius 3 is 2.34 bits per heavy atom. The van der Waals surface area contributed by atoms with Crippen molar-refractivity contribution in [1.29, 1.82) is 0 Å². The Morgan fingerprint density at radius 2 is 1.66 bits per heavy atom. The molecule has 4 bridgehead atoms. The number of ether oxygens (including phenoxy) is 7. The Hall–Kier alpha value is -6.48. The Kier molecular flexibility index (Phi) is 29.7. The van der Waals surface area contributed by atoms with Crippen LogP contribution in [0.15, 0.2) is 35.9 Å². The molecule has 502 valence electrons. The number of imide groups is 1. The molecule has 29 nitrogen and oxygen atoms in total. The number of benzene rings is 1. The fraction of sp³-hybridized carbons (Fsp3) is 0.661. The molecule has 1 aromatic carbocycles. The fourth-order valence-corrected chi connectivity index (χ4v) is 11.8. The number of nitrogens with one attached hydrogen (secondary N) is 6. The van der Waals surface area contributed by atoms with Crippen LogP contribution < -0.4 is 41.5 Å². The highest BCUT2D eigenvalue weighted by Gasteiger charge is 2.49. The number of allylic oxidation sites excluding steroid dienone is 3. The maximum Gasteiger partial charge on any atom is 0.409 e. The van der Waals surface area contributed by atoms with Gasteiger partial charge in [0.05, 0.1) is 76.3 Å². The second kappa shape index (κ2) is 35.9.